The molecule has 0 radical (unpaired) electrons. The van der Waals surface area contributed by atoms with Crippen molar-refractivity contribution in [2.45, 2.75) is 25.3 Å². The third kappa shape index (κ3) is 2.06. The van der Waals surface area contributed by atoms with Crippen molar-refractivity contribution in [3.8, 4) is 0 Å². The van der Waals surface area contributed by atoms with Crippen LogP contribution in [-0.4, -0.2) is 16.5 Å². The molecule has 2 heterocycles. The SMILES string of the molecule is CC(N)c1cnc(C2CCSC2)s1. The molecule has 2 atom stereocenters. The van der Waals surface area contributed by atoms with Crippen LogP contribution in [0.2, 0.25) is 0 Å². The van der Waals surface area contributed by atoms with Crippen molar-refractivity contribution < 1.29 is 0 Å². The molecule has 0 bridgehead atoms. The summed E-state index contributed by atoms with van der Waals surface area (Å²) in [6, 6.07) is 0.139. The van der Waals surface area contributed by atoms with Gasteiger partial charge in [-0.05, 0) is 19.1 Å². The monoisotopic (exact) mass is 214 g/mol. The summed E-state index contributed by atoms with van der Waals surface area (Å²) in [7, 11) is 0. The lowest BCUT2D eigenvalue weighted by molar-refractivity contribution is 0.773. The third-order valence-electron chi connectivity index (χ3n) is 2.27. The summed E-state index contributed by atoms with van der Waals surface area (Å²) in [5.74, 6) is 3.23. The molecule has 72 valence electrons. The number of nitrogens with zero attached hydrogens (tertiary/aromatic N) is 1. The summed E-state index contributed by atoms with van der Waals surface area (Å²) in [5.41, 5.74) is 5.79. The van der Waals surface area contributed by atoms with E-state index in [9.17, 15) is 0 Å². The van der Waals surface area contributed by atoms with Crippen molar-refractivity contribution in [3.63, 3.8) is 0 Å². The average molecular weight is 214 g/mol. The maximum absolute atomic E-state index is 5.79. The number of thioether (sulfide) groups is 1. The van der Waals surface area contributed by atoms with Gasteiger partial charge in [0.25, 0.3) is 0 Å². The molecule has 0 aliphatic carbocycles. The first-order valence-electron chi connectivity index (χ1n) is 4.56. The van der Waals surface area contributed by atoms with Crippen molar-refractivity contribution in [3.05, 3.63) is 16.1 Å². The van der Waals surface area contributed by atoms with Crippen LogP contribution in [0, 0.1) is 0 Å². The molecule has 0 amide bonds. The zero-order chi connectivity index (χ0) is 9.26. The number of thiazole rings is 1. The molecule has 1 aromatic heterocycles. The summed E-state index contributed by atoms with van der Waals surface area (Å²) in [6.07, 6.45) is 3.23. The number of hydrogen-bond donors (Lipinski definition) is 1. The maximum Gasteiger partial charge on any atom is 0.0967 e. The van der Waals surface area contributed by atoms with E-state index >= 15 is 0 Å². The van der Waals surface area contributed by atoms with Crippen molar-refractivity contribution in [1.82, 2.24) is 4.98 Å². The Morgan fingerprint density at radius 1 is 1.69 bits per heavy atom. The average Bonchev–Trinajstić information content (AvgIpc) is 2.75. The van der Waals surface area contributed by atoms with Crippen molar-refractivity contribution in [1.29, 1.82) is 0 Å². The van der Waals surface area contributed by atoms with Gasteiger partial charge in [-0.15, -0.1) is 11.3 Å². The summed E-state index contributed by atoms with van der Waals surface area (Å²) < 4.78 is 0. The van der Waals surface area contributed by atoms with Crippen LogP contribution in [0.3, 0.4) is 0 Å². The highest BCUT2D eigenvalue weighted by atomic mass is 32.2. The van der Waals surface area contributed by atoms with Crippen LogP contribution < -0.4 is 5.73 Å². The molecule has 2 N–H and O–H groups in total. The van der Waals surface area contributed by atoms with Crippen LogP contribution in [0.5, 0.6) is 0 Å². The molecule has 1 fully saturated rings. The minimum atomic E-state index is 0.139. The summed E-state index contributed by atoms with van der Waals surface area (Å²) in [4.78, 5) is 5.66. The van der Waals surface area contributed by atoms with E-state index in [0.717, 1.165) is 0 Å². The van der Waals surface area contributed by atoms with E-state index in [2.05, 4.69) is 4.98 Å². The van der Waals surface area contributed by atoms with Crippen LogP contribution in [0.1, 0.15) is 35.2 Å². The molecule has 1 aliphatic rings. The topological polar surface area (TPSA) is 38.9 Å². The van der Waals surface area contributed by atoms with Gasteiger partial charge < -0.3 is 5.73 Å². The normalized spacial score (nSPS) is 24.9. The minimum Gasteiger partial charge on any atom is -0.323 e. The van der Waals surface area contributed by atoms with E-state index in [0.29, 0.717) is 5.92 Å². The van der Waals surface area contributed by atoms with Gasteiger partial charge in [0.05, 0.1) is 5.01 Å². The molecule has 1 aliphatic heterocycles. The smallest absolute Gasteiger partial charge is 0.0967 e. The van der Waals surface area contributed by atoms with Gasteiger partial charge in [-0.25, -0.2) is 4.98 Å². The van der Waals surface area contributed by atoms with E-state index in [-0.39, 0.29) is 6.04 Å². The predicted molar refractivity (Wildman–Crippen MR) is 59.4 cm³/mol. The first kappa shape index (κ1) is 9.49. The Balaban J connectivity index is 2.12. The molecule has 2 nitrogen and oxygen atoms in total. The van der Waals surface area contributed by atoms with Crippen LogP contribution in [0.4, 0.5) is 0 Å². The zero-order valence-corrected chi connectivity index (χ0v) is 9.33. The summed E-state index contributed by atoms with van der Waals surface area (Å²) >= 11 is 3.82. The largest absolute Gasteiger partial charge is 0.323 e. The van der Waals surface area contributed by atoms with Crippen LogP contribution >= 0.6 is 23.1 Å². The lowest BCUT2D eigenvalue weighted by Crippen LogP contribution is -2.01. The fourth-order valence-electron chi connectivity index (χ4n) is 1.43. The second kappa shape index (κ2) is 3.98. The Morgan fingerprint density at radius 3 is 3.08 bits per heavy atom. The van der Waals surface area contributed by atoms with E-state index in [1.807, 2.05) is 24.9 Å². The first-order chi connectivity index (χ1) is 6.27. The Kier molecular flexibility index (Phi) is 2.91. The number of aromatic nitrogens is 1. The van der Waals surface area contributed by atoms with Gasteiger partial charge >= 0.3 is 0 Å². The van der Waals surface area contributed by atoms with Gasteiger partial charge in [0.2, 0.25) is 0 Å². The van der Waals surface area contributed by atoms with Crippen LogP contribution in [0.25, 0.3) is 0 Å². The molecule has 1 saturated heterocycles. The fraction of sp³-hybridized carbons (Fsp3) is 0.667. The standard InChI is InChI=1S/C9H14N2S2/c1-6(10)8-4-11-9(13-8)7-2-3-12-5-7/h4,6-7H,2-3,5,10H2,1H3. The van der Waals surface area contributed by atoms with E-state index in [1.54, 1.807) is 11.3 Å². The molecule has 0 spiro atoms. The Bertz CT molecular complexity index is 277. The molecule has 1 aromatic rings. The number of hydrogen-bond acceptors (Lipinski definition) is 4. The lowest BCUT2D eigenvalue weighted by atomic mass is 10.1. The first-order valence-corrected chi connectivity index (χ1v) is 6.53. The Labute approximate surface area is 86.9 Å². The molecule has 13 heavy (non-hydrogen) atoms. The van der Waals surface area contributed by atoms with Crippen molar-refractivity contribution >= 4 is 23.1 Å². The van der Waals surface area contributed by atoms with Gasteiger partial charge in [0.1, 0.15) is 0 Å². The highest BCUT2D eigenvalue weighted by molar-refractivity contribution is 7.99. The maximum atomic E-state index is 5.79. The van der Waals surface area contributed by atoms with Crippen molar-refractivity contribution in [2.75, 3.05) is 11.5 Å². The highest BCUT2D eigenvalue weighted by Gasteiger charge is 2.20. The third-order valence-corrected chi connectivity index (χ3v) is 4.79. The van der Waals surface area contributed by atoms with E-state index in [4.69, 9.17) is 5.73 Å². The molecule has 2 unspecified atom stereocenters. The zero-order valence-electron chi connectivity index (χ0n) is 7.69. The molecule has 2 rings (SSSR count). The molecule has 0 aromatic carbocycles. The Morgan fingerprint density at radius 2 is 2.54 bits per heavy atom. The van der Waals surface area contributed by atoms with Crippen LogP contribution in [-0.2, 0) is 0 Å². The second-order valence-electron chi connectivity index (χ2n) is 3.45. The van der Waals surface area contributed by atoms with Gasteiger partial charge in [-0.3, -0.25) is 0 Å². The number of nitrogens with two attached hydrogens (primary N) is 1. The summed E-state index contributed by atoms with van der Waals surface area (Å²) in [6.45, 7) is 2.01. The Hall–Kier alpha value is -0.0600. The number of rotatable bonds is 2. The fourth-order valence-corrected chi connectivity index (χ4v) is 3.77. The van der Waals surface area contributed by atoms with Gasteiger partial charge in [0, 0.05) is 28.8 Å². The predicted octanol–water partition coefficient (Wildman–Crippen LogP) is 2.38. The van der Waals surface area contributed by atoms with E-state index in [1.165, 1.54) is 27.8 Å². The molecular formula is C9H14N2S2. The molecular weight excluding hydrogens is 200 g/mol. The second-order valence-corrected chi connectivity index (χ2v) is 5.69. The molecule has 0 saturated carbocycles. The van der Waals surface area contributed by atoms with Gasteiger partial charge in [-0.2, -0.15) is 11.8 Å². The van der Waals surface area contributed by atoms with Crippen molar-refractivity contribution in [2.24, 2.45) is 5.73 Å². The summed E-state index contributed by atoms with van der Waals surface area (Å²) in [5, 5.41) is 1.29. The minimum absolute atomic E-state index is 0.139. The quantitative estimate of drug-likeness (QED) is 0.821. The van der Waals surface area contributed by atoms with Crippen LogP contribution in [0.15, 0.2) is 6.20 Å². The van der Waals surface area contributed by atoms with E-state index < -0.39 is 0 Å². The lowest BCUT2D eigenvalue weighted by Gasteiger charge is -2.02. The highest BCUT2D eigenvalue weighted by Crippen LogP contribution is 2.35. The molecule has 4 heteroatoms. The van der Waals surface area contributed by atoms with Gasteiger partial charge in [0.15, 0.2) is 0 Å². The van der Waals surface area contributed by atoms with Gasteiger partial charge in [-0.1, -0.05) is 0 Å².